The summed E-state index contributed by atoms with van der Waals surface area (Å²) in [4.78, 5) is 4.07. The summed E-state index contributed by atoms with van der Waals surface area (Å²) in [6.45, 7) is 3.92. The number of hydrogen-bond acceptors (Lipinski definition) is 2. The molecule has 0 saturated carbocycles. The molecule has 90 valence electrons. The van der Waals surface area contributed by atoms with Crippen LogP contribution in [0.2, 0.25) is 5.02 Å². The van der Waals surface area contributed by atoms with Crippen molar-refractivity contribution in [2.24, 2.45) is 0 Å². The van der Waals surface area contributed by atoms with Gasteiger partial charge in [0, 0.05) is 29.5 Å². The van der Waals surface area contributed by atoms with Gasteiger partial charge in [0.05, 0.1) is 12.0 Å². The first-order valence-corrected chi connectivity index (χ1v) is 6.17. The number of aromatic nitrogens is 2. The molecule has 0 amide bonds. The highest BCUT2D eigenvalue weighted by Gasteiger charge is 2.07. The Kier molecular flexibility index (Phi) is 4.18. The normalized spacial score (nSPS) is 10.7. The summed E-state index contributed by atoms with van der Waals surface area (Å²) >= 11 is 6.25. The highest BCUT2D eigenvalue weighted by molar-refractivity contribution is 6.31. The van der Waals surface area contributed by atoms with Gasteiger partial charge in [-0.3, -0.25) is 0 Å². The Hall–Kier alpha value is -1.32. The van der Waals surface area contributed by atoms with Crippen LogP contribution < -0.4 is 5.32 Å². The molecule has 0 unspecified atom stereocenters. The summed E-state index contributed by atoms with van der Waals surface area (Å²) < 4.78 is 1.98. The summed E-state index contributed by atoms with van der Waals surface area (Å²) in [7, 11) is 0. The van der Waals surface area contributed by atoms with E-state index in [9.17, 15) is 0 Å². The lowest BCUT2D eigenvalue weighted by molar-refractivity contribution is 0.673. The van der Waals surface area contributed by atoms with Gasteiger partial charge >= 0.3 is 0 Å². The predicted molar refractivity (Wildman–Crippen MR) is 70.6 cm³/mol. The molecule has 1 aromatic heterocycles. The highest BCUT2D eigenvalue weighted by Crippen LogP contribution is 2.23. The van der Waals surface area contributed by atoms with Crippen LogP contribution in [0.15, 0.2) is 36.9 Å². The lowest BCUT2D eigenvalue weighted by Crippen LogP contribution is -2.15. The quantitative estimate of drug-likeness (QED) is 0.826. The molecule has 0 spiro atoms. The Labute approximate surface area is 106 Å². The Morgan fingerprint density at radius 3 is 3.00 bits per heavy atom. The second kappa shape index (κ2) is 5.84. The van der Waals surface area contributed by atoms with Crippen molar-refractivity contribution in [3.63, 3.8) is 0 Å². The predicted octanol–water partition coefficient (Wildman–Crippen LogP) is 3.03. The highest BCUT2D eigenvalue weighted by atomic mass is 35.5. The van der Waals surface area contributed by atoms with Crippen LogP contribution in [0, 0.1) is 0 Å². The van der Waals surface area contributed by atoms with Gasteiger partial charge in [0.15, 0.2) is 0 Å². The zero-order valence-electron chi connectivity index (χ0n) is 9.86. The molecule has 3 nitrogen and oxygen atoms in total. The molecule has 1 heterocycles. The summed E-state index contributed by atoms with van der Waals surface area (Å²) in [5.41, 5.74) is 2.19. The molecule has 1 aromatic carbocycles. The maximum absolute atomic E-state index is 6.25. The van der Waals surface area contributed by atoms with Gasteiger partial charge in [-0.2, -0.15) is 0 Å². The smallest absolute Gasteiger partial charge is 0.0991 e. The van der Waals surface area contributed by atoms with E-state index in [1.165, 1.54) is 0 Å². The number of halogens is 1. The maximum Gasteiger partial charge on any atom is 0.0991 e. The summed E-state index contributed by atoms with van der Waals surface area (Å²) in [5.74, 6) is 0. The summed E-state index contributed by atoms with van der Waals surface area (Å²) in [6, 6.07) is 5.93. The average Bonchev–Trinajstić information content (AvgIpc) is 2.85. The second-order valence-electron chi connectivity index (χ2n) is 3.88. The Balaban J connectivity index is 2.28. The van der Waals surface area contributed by atoms with E-state index in [1.54, 1.807) is 12.5 Å². The van der Waals surface area contributed by atoms with E-state index in [0.717, 1.165) is 35.8 Å². The standard InChI is InChI=1S/C13H16ClN3/c1-2-6-15-9-11-12(14)4-3-5-13(11)17-8-7-16-10-17/h3-5,7-8,10,15H,2,6,9H2,1H3. The van der Waals surface area contributed by atoms with E-state index >= 15 is 0 Å². The van der Waals surface area contributed by atoms with Crippen molar-refractivity contribution in [2.75, 3.05) is 6.54 Å². The third-order valence-corrected chi connectivity index (χ3v) is 2.96. The van der Waals surface area contributed by atoms with Crippen molar-refractivity contribution in [3.8, 4) is 5.69 Å². The van der Waals surface area contributed by atoms with Gasteiger partial charge in [0.1, 0.15) is 0 Å². The van der Waals surface area contributed by atoms with Crippen molar-refractivity contribution < 1.29 is 0 Å². The van der Waals surface area contributed by atoms with Gasteiger partial charge in [0.2, 0.25) is 0 Å². The van der Waals surface area contributed by atoms with Crippen LogP contribution in [0.4, 0.5) is 0 Å². The van der Waals surface area contributed by atoms with Gasteiger partial charge in [-0.05, 0) is 25.1 Å². The lowest BCUT2D eigenvalue weighted by atomic mass is 10.1. The average molecular weight is 250 g/mol. The zero-order valence-corrected chi connectivity index (χ0v) is 10.6. The minimum Gasteiger partial charge on any atom is -0.313 e. The second-order valence-corrected chi connectivity index (χ2v) is 4.29. The lowest BCUT2D eigenvalue weighted by Gasteiger charge is -2.12. The number of rotatable bonds is 5. The maximum atomic E-state index is 6.25. The third kappa shape index (κ3) is 2.87. The number of hydrogen-bond donors (Lipinski definition) is 1. The van der Waals surface area contributed by atoms with E-state index in [1.807, 2.05) is 22.9 Å². The molecule has 1 N–H and O–H groups in total. The van der Waals surface area contributed by atoms with E-state index in [0.29, 0.717) is 0 Å². The number of nitrogens with zero attached hydrogens (tertiary/aromatic N) is 2. The van der Waals surface area contributed by atoms with E-state index in [2.05, 4.69) is 23.3 Å². The van der Waals surface area contributed by atoms with E-state index < -0.39 is 0 Å². The summed E-state index contributed by atoms with van der Waals surface area (Å²) in [6.07, 6.45) is 6.60. The first-order chi connectivity index (χ1) is 8.33. The fourth-order valence-electron chi connectivity index (χ4n) is 1.76. The van der Waals surface area contributed by atoms with Crippen LogP contribution in [0.25, 0.3) is 5.69 Å². The molecule has 0 radical (unpaired) electrons. The topological polar surface area (TPSA) is 29.9 Å². The molecule has 2 rings (SSSR count). The van der Waals surface area contributed by atoms with Crippen molar-refractivity contribution in [3.05, 3.63) is 47.5 Å². The zero-order chi connectivity index (χ0) is 12.1. The van der Waals surface area contributed by atoms with Crippen molar-refractivity contribution in [2.45, 2.75) is 19.9 Å². The minimum absolute atomic E-state index is 0.779. The van der Waals surface area contributed by atoms with E-state index in [4.69, 9.17) is 11.6 Å². The largest absolute Gasteiger partial charge is 0.313 e. The number of nitrogens with one attached hydrogen (secondary N) is 1. The van der Waals surface area contributed by atoms with Crippen LogP contribution in [0.3, 0.4) is 0 Å². The molecule has 4 heteroatoms. The molecule has 2 aromatic rings. The van der Waals surface area contributed by atoms with Crippen LogP contribution in [-0.4, -0.2) is 16.1 Å². The first-order valence-electron chi connectivity index (χ1n) is 5.79. The van der Waals surface area contributed by atoms with Crippen LogP contribution >= 0.6 is 11.6 Å². The van der Waals surface area contributed by atoms with Crippen LogP contribution in [-0.2, 0) is 6.54 Å². The van der Waals surface area contributed by atoms with Crippen molar-refractivity contribution in [1.82, 2.24) is 14.9 Å². The Bertz CT molecular complexity index is 466. The van der Waals surface area contributed by atoms with Gasteiger partial charge in [-0.25, -0.2) is 4.98 Å². The fourth-order valence-corrected chi connectivity index (χ4v) is 1.99. The Morgan fingerprint density at radius 1 is 1.41 bits per heavy atom. The molecule has 0 aliphatic carbocycles. The van der Waals surface area contributed by atoms with Crippen LogP contribution in [0.1, 0.15) is 18.9 Å². The van der Waals surface area contributed by atoms with E-state index in [-0.39, 0.29) is 0 Å². The fraction of sp³-hybridized carbons (Fsp3) is 0.308. The number of imidazole rings is 1. The SMILES string of the molecule is CCCNCc1c(Cl)cccc1-n1ccnc1. The number of benzene rings is 1. The van der Waals surface area contributed by atoms with Crippen LogP contribution in [0.5, 0.6) is 0 Å². The van der Waals surface area contributed by atoms with Gasteiger partial charge in [-0.1, -0.05) is 24.6 Å². The van der Waals surface area contributed by atoms with Crippen molar-refractivity contribution in [1.29, 1.82) is 0 Å². The molecule has 0 aliphatic heterocycles. The van der Waals surface area contributed by atoms with Gasteiger partial charge in [0.25, 0.3) is 0 Å². The third-order valence-electron chi connectivity index (χ3n) is 2.61. The molecule has 0 saturated heterocycles. The summed E-state index contributed by atoms with van der Waals surface area (Å²) in [5, 5.41) is 4.17. The molecule has 0 bridgehead atoms. The van der Waals surface area contributed by atoms with Gasteiger partial charge < -0.3 is 9.88 Å². The minimum atomic E-state index is 0.779. The molecule has 0 fully saturated rings. The molecular formula is C13H16ClN3. The van der Waals surface area contributed by atoms with Gasteiger partial charge in [-0.15, -0.1) is 0 Å². The molecular weight excluding hydrogens is 234 g/mol. The Morgan fingerprint density at radius 2 is 2.29 bits per heavy atom. The monoisotopic (exact) mass is 249 g/mol. The molecule has 0 aliphatic rings. The van der Waals surface area contributed by atoms with Crippen molar-refractivity contribution >= 4 is 11.6 Å². The molecule has 17 heavy (non-hydrogen) atoms. The first kappa shape index (κ1) is 12.1. The molecule has 0 atom stereocenters.